The zero-order chi connectivity index (χ0) is 13.9. The lowest BCUT2D eigenvalue weighted by Gasteiger charge is -2.35. The largest absolute Gasteiger partial charge is 0.508 e. The lowest BCUT2D eigenvalue weighted by Crippen LogP contribution is -2.45. The number of nitrogens with zero attached hydrogens (tertiary/aromatic N) is 1. The van der Waals surface area contributed by atoms with Crippen molar-refractivity contribution in [1.82, 2.24) is 10.2 Å². The third-order valence-corrected chi connectivity index (χ3v) is 4.77. The Morgan fingerprint density at radius 1 is 1.18 bits per heavy atom. The molecule has 22 heavy (non-hydrogen) atoms. The fourth-order valence-corrected chi connectivity index (χ4v) is 3.72. The van der Waals surface area contributed by atoms with E-state index in [1.165, 1.54) is 4.88 Å². The average molecular weight is 382 g/mol. The van der Waals surface area contributed by atoms with Crippen LogP contribution in [0.3, 0.4) is 0 Å². The Hall–Kier alpha value is -0.490. The molecule has 2 aromatic rings. The van der Waals surface area contributed by atoms with Gasteiger partial charge in [-0.05, 0) is 29.6 Å². The summed E-state index contributed by atoms with van der Waals surface area (Å²) < 4.78 is 0. The van der Waals surface area contributed by atoms with E-state index >= 15 is 0 Å². The van der Waals surface area contributed by atoms with E-state index in [1.54, 1.807) is 23.5 Å². The highest BCUT2D eigenvalue weighted by atomic mass is 35.5. The third-order valence-electron chi connectivity index (χ3n) is 3.61. The third kappa shape index (κ3) is 4.28. The molecule has 0 radical (unpaired) electrons. The zero-order valence-electron chi connectivity index (χ0n) is 11.9. The van der Waals surface area contributed by atoms with E-state index in [2.05, 4.69) is 27.7 Å². The van der Waals surface area contributed by atoms with Crippen molar-refractivity contribution in [2.75, 3.05) is 26.2 Å². The molecule has 3 nitrogen and oxygen atoms in total. The topological polar surface area (TPSA) is 35.5 Å². The normalized spacial score (nSPS) is 16.4. The molecule has 0 amide bonds. The molecule has 1 aliphatic rings. The number of hydrogen-bond donors (Lipinski definition) is 2. The summed E-state index contributed by atoms with van der Waals surface area (Å²) in [6, 6.07) is 9.54. The van der Waals surface area contributed by atoms with Crippen molar-refractivity contribution in [3.05, 3.63) is 51.2 Å². The summed E-state index contributed by atoms with van der Waals surface area (Å²) in [7, 11) is 0. The number of benzene rings is 1. The molecule has 0 aliphatic carbocycles. The van der Waals surface area contributed by atoms with Crippen LogP contribution < -0.4 is 5.32 Å². The molecule has 2 heterocycles. The molecule has 2 N–H and O–H groups in total. The summed E-state index contributed by atoms with van der Waals surface area (Å²) in [6.07, 6.45) is 0. The molecule has 3 rings (SSSR count). The number of phenols is 1. The van der Waals surface area contributed by atoms with Crippen molar-refractivity contribution in [3.8, 4) is 5.75 Å². The monoisotopic (exact) mass is 380 g/mol. The summed E-state index contributed by atoms with van der Waals surface area (Å²) >= 11 is 7.84. The minimum Gasteiger partial charge on any atom is -0.508 e. The van der Waals surface area contributed by atoms with E-state index < -0.39 is 0 Å². The van der Waals surface area contributed by atoms with E-state index in [9.17, 15) is 5.11 Å². The molecular formula is C15H19Cl3N2OS. The van der Waals surface area contributed by atoms with Crippen LogP contribution in [-0.4, -0.2) is 36.2 Å². The van der Waals surface area contributed by atoms with Gasteiger partial charge in [0.1, 0.15) is 5.75 Å². The molecule has 0 saturated carbocycles. The van der Waals surface area contributed by atoms with Gasteiger partial charge in [0, 0.05) is 41.6 Å². The molecule has 1 aliphatic heterocycles. The molecule has 0 unspecified atom stereocenters. The second kappa shape index (κ2) is 8.96. The summed E-state index contributed by atoms with van der Waals surface area (Å²) in [6.45, 7) is 3.88. The smallest absolute Gasteiger partial charge is 0.120 e. The van der Waals surface area contributed by atoms with Gasteiger partial charge in [0.15, 0.2) is 0 Å². The number of nitrogens with one attached hydrogen (secondary N) is 1. The Bertz CT molecular complexity index is 574. The fraction of sp³-hybridized carbons (Fsp3) is 0.333. The van der Waals surface area contributed by atoms with Gasteiger partial charge in [0.25, 0.3) is 0 Å². The van der Waals surface area contributed by atoms with Gasteiger partial charge in [0.2, 0.25) is 0 Å². The lowest BCUT2D eigenvalue weighted by atomic mass is 10.0. The number of phenolic OH excluding ortho intramolecular Hbond substituents is 1. The van der Waals surface area contributed by atoms with Gasteiger partial charge in [-0.15, -0.1) is 36.2 Å². The van der Waals surface area contributed by atoms with E-state index in [4.69, 9.17) is 11.6 Å². The predicted octanol–water partition coefficient (Wildman–Crippen LogP) is 3.95. The molecule has 7 heteroatoms. The van der Waals surface area contributed by atoms with Gasteiger partial charge in [-0.1, -0.05) is 17.7 Å². The van der Waals surface area contributed by atoms with Crippen molar-refractivity contribution < 1.29 is 5.11 Å². The lowest BCUT2D eigenvalue weighted by molar-refractivity contribution is 0.198. The molecule has 1 atom stereocenters. The van der Waals surface area contributed by atoms with Crippen LogP contribution in [-0.2, 0) is 0 Å². The summed E-state index contributed by atoms with van der Waals surface area (Å²) in [5.41, 5.74) is 0.891. The van der Waals surface area contributed by atoms with Crippen molar-refractivity contribution in [3.63, 3.8) is 0 Å². The van der Waals surface area contributed by atoms with E-state index in [0.717, 1.165) is 31.7 Å². The van der Waals surface area contributed by atoms with Crippen molar-refractivity contribution in [2.45, 2.75) is 6.04 Å². The van der Waals surface area contributed by atoms with E-state index in [-0.39, 0.29) is 30.9 Å². The second-order valence-electron chi connectivity index (χ2n) is 4.91. The van der Waals surface area contributed by atoms with Crippen LogP contribution in [0, 0.1) is 0 Å². The zero-order valence-corrected chi connectivity index (χ0v) is 15.1. The highest BCUT2D eigenvalue weighted by molar-refractivity contribution is 7.10. The second-order valence-corrected chi connectivity index (χ2v) is 6.32. The molecule has 1 aromatic heterocycles. The summed E-state index contributed by atoms with van der Waals surface area (Å²) in [5, 5.41) is 16.3. The van der Waals surface area contributed by atoms with E-state index in [0.29, 0.717) is 10.8 Å². The van der Waals surface area contributed by atoms with Gasteiger partial charge < -0.3 is 10.4 Å². The predicted molar refractivity (Wildman–Crippen MR) is 98.2 cm³/mol. The first-order valence-corrected chi connectivity index (χ1v) is 7.98. The Morgan fingerprint density at radius 3 is 2.55 bits per heavy atom. The number of piperazine rings is 1. The molecule has 1 saturated heterocycles. The first-order chi connectivity index (χ1) is 9.75. The molecule has 1 aromatic carbocycles. The fourth-order valence-electron chi connectivity index (χ4n) is 2.66. The van der Waals surface area contributed by atoms with Gasteiger partial charge >= 0.3 is 0 Å². The maximum Gasteiger partial charge on any atom is 0.120 e. The van der Waals surface area contributed by atoms with Gasteiger partial charge in [-0.25, -0.2) is 0 Å². The Morgan fingerprint density at radius 2 is 1.91 bits per heavy atom. The number of hydrogen-bond acceptors (Lipinski definition) is 4. The summed E-state index contributed by atoms with van der Waals surface area (Å²) in [4.78, 5) is 3.64. The van der Waals surface area contributed by atoms with Gasteiger partial charge in [-0.3, -0.25) is 4.90 Å². The van der Waals surface area contributed by atoms with Crippen LogP contribution in [0.1, 0.15) is 16.5 Å². The maximum atomic E-state index is 10.2. The molecule has 0 spiro atoms. The van der Waals surface area contributed by atoms with Crippen LogP contribution in [0.15, 0.2) is 35.7 Å². The number of aromatic hydroxyl groups is 1. The molecule has 1 fully saturated rings. The minimum atomic E-state index is 0. The van der Waals surface area contributed by atoms with Gasteiger partial charge in [-0.2, -0.15) is 0 Å². The van der Waals surface area contributed by atoms with E-state index in [1.807, 2.05) is 6.07 Å². The first-order valence-electron chi connectivity index (χ1n) is 6.72. The van der Waals surface area contributed by atoms with Crippen molar-refractivity contribution in [2.24, 2.45) is 0 Å². The minimum absolute atomic E-state index is 0. The first kappa shape index (κ1) is 19.6. The Balaban J connectivity index is 0.00000121. The van der Waals surface area contributed by atoms with Crippen LogP contribution >= 0.6 is 47.8 Å². The number of halogens is 3. The molecule has 0 bridgehead atoms. The van der Waals surface area contributed by atoms with Crippen molar-refractivity contribution >= 4 is 47.8 Å². The SMILES string of the molecule is Cl.Cl.Oc1ccc(Cl)cc1[C@@H](c1cccs1)N1CCNCC1. The highest BCUT2D eigenvalue weighted by Gasteiger charge is 2.26. The van der Waals surface area contributed by atoms with Crippen LogP contribution in [0.4, 0.5) is 0 Å². The number of rotatable bonds is 3. The summed E-state index contributed by atoms with van der Waals surface area (Å²) in [5.74, 6) is 0.311. The number of thiophene rings is 1. The van der Waals surface area contributed by atoms with Crippen LogP contribution in [0.5, 0.6) is 5.75 Å². The van der Waals surface area contributed by atoms with Gasteiger partial charge in [0.05, 0.1) is 6.04 Å². The maximum absolute atomic E-state index is 10.2. The molecular weight excluding hydrogens is 363 g/mol. The van der Waals surface area contributed by atoms with Crippen LogP contribution in [0.2, 0.25) is 5.02 Å². The molecule has 122 valence electrons. The van der Waals surface area contributed by atoms with Crippen LogP contribution in [0.25, 0.3) is 0 Å². The standard InChI is InChI=1S/C15H17ClN2OS.2ClH/c16-11-3-4-13(19)12(10-11)15(14-2-1-9-20-14)18-7-5-17-6-8-18;;/h1-4,9-10,15,17,19H,5-8H2;2*1H/t15-;;/m0../s1. The van der Waals surface area contributed by atoms with Crippen molar-refractivity contribution in [1.29, 1.82) is 0 Å². The average Bonchev–Trinajstić information content (AvgIpc) is 2.98. The Kier molecular flexibility index (Phi) is 7.97. The quantitative estimate of drug-likeness (QED) is 0.845. The Labute approximate surface area is 152 Å². The highest BCUT2D eigenvalue weighted by Crippen LogP contribution is 2.37.